The maximum atomic E-state index is 12.6. The molecular weight excluding hydrogens is 312 g/mol. The summed E-state index contributed by atoms with van der Waals surface area (Å²) in [7, 11) is 0. The van der Waals surface area contributed by atoms with E-state index in [0.29, 0.717) is 0 Å². The molecule has 2 aromatic heterocycles. The van der Waals surface area contributed by atoms with Crippen LogP contribution in [0.25, 0.3) is 16.8 Å². The van der Waals surface area contributed by atoms with Crippen LogP contribution in [-0.2, 0) is 6.42 Å². The van der Waals surface area contributed by atoms with Gasteiger partial charge in [-0.05, 0) is 41.8 Å². The Balaban J connectivity index is 1.60. The number of nitrogens with zero attached hydrogens (tertiary/aromatic N) is 3. The van der Waals surface area contributed by atoms with Crippen LogP contribution in [-0.4, -0.2) is 46.4 Å². The fraction of sp³-hybridized carbons (Fsp3) is 0.300. The zero-order valence-corrected chi connectivity index (χ0v) is 14.4. The Morgan fingerprint density at radius 2 is 1.80 bits per heavy atom. The van der Waals surface area contributed by atoms with Crippen molar-refractivity contribution >= 4 is 11.6 Å². The van der Waals surface area contributed by atoms with E-state index in [1.807, 2.05) is 41.4 Å². The van der Waals surface area contributed by atoms with Gasteiger partial charge in [0.2, 0.25) is 0 Å². The monoisotopic (exact) mass is 334 g/mol. The number of pyridine rings is 1. The van der Waals surface area contributed by atoms with Crippen LogP contribution >= 0.6 is 0 Å². The van der Waals surface area contributed by atoms with Crippen molar-refractivity contribution in [3.05, 3.63) is 60.0 Å². The SMILES string of the molecule is CCc1cnc2ccc(-c3ccc(C(=O)N4CCNCC4)cc3)cn12. The summed E-state index contributed by atoms with van der Waals surface area (Å²) in [6.45, 7) is 5.42. The van der Waals surface area contributed by atoms with Crippen LogP contribution in [0.1, 0.15) is 23.0 Å². The Morgan fingerprint density at radius 3 is 2.52 bits per heavy atom. The fourth-order valence-corrected chi connectivity index (χ4v) is 3.32. The first kappa shape index (κ1) is 15.8. The lowest BCUT2D eigenvalue weighted by Gasteiger charge is -2.27. The van der Waals surface area contributed by atoms with Crippen molar-refractivity contribution in [3.8, 4) is 11.1 Å². The van der Waals surface area contributed by atoms with E-state index in [4.69, 9.17) is 0 Å². The number of nitrogens with one attached hydrogen (secondary N) is 1. The Kier molecular flexibility index (Phi) is 4.24. The van der Waals surface area contributed by atoms with Gasteiger partial charge in [0.1, 0.15) is 5.65 Å². The summed E-state index contributed by atoms with van der Waals surface area (Å²) in [5, 5.41) is 3.27. The lowest BCUT2D eigenvalue weighted by atomic mass is 10.0. The maximum Gasteiger partial charge on any atom is 0.253 e. The highest BCUT2D eigenvalue weighted by Crippen LogP contribution is 2.22. The molecule has 1 aliphatic rings. The molecule has 0 radical (unpaired) electrons. The summed E-state index contributed by atoms with van der Waals surface area (Å²) in [6.07, 6.45) is 4.99. The molecule has 5 nitrogen and oxygen atoms in total. The predicted molar refractivity (Wildman–Crippen MR) is 98.8 cm³/mol. The number of aromatic nitrogens is 2. The number of fused-ring (bicyclic) bond motifs is 1. The van der Waals surface area contributed by atoms with E-state index in [2.05, 4.69) is 33.9 Å². The molecular formula is C20H22N4O. The second kappa shape index (κ2) is 6.69. The van der Waals surface area contributed by atoms with E-state index in [9.17, 15) is 4.79 Å². The highest BCUT2D eigenvalue weighted by atomic mass is 16.2. The van der Waals surface area contributed by atoms with Crippen LogP contribution in [0.2, 0.25) is 0 Å². The second-order valence-corrected chi connectivity index (χ2v) is 6.37. The third-order valence-corrected chi connectivity index (χ3v) is 4.81. The third kappa shape index (κ3) is 3.03. The quantitative estimate of drug-likeness (QED) is 0.801. The molecule has 25 heavy (non-hydrogen) atoms. The van der Waals surface area contributed by atoms with E-state index in [1.54, 1.807) is 0 Å². The first-order valence-electron chi connectivity index (χ1n) is 8.82. The Bertz CT molecular complexity index is 892. The van der Waals surface area contributed by atoms with Crippen molar-refractivity contribution in [2.24, 2.45) is 0 Å². The topological polar surface area (TPSA) is 49.6 Å². The normalized spacial score (nSPS) is 14.8. The van der Waals surface area contributed by atoms with Gasteiger partial charge in [-0.1, -0.05) is 19.1 Å². The molecule has 1 N–H and O–H groups in total. The smallest absolute Gasteiger partial charge is 0.253 e. The van der Waals surface area contributed by atoms with Gasteiger partial charge in [0.05, 0.1) is 0 Å². The number of imidazole rings is 1. The Morgan fingerprint density at radius 1 is 1.08 bits per heavy atom. The van der Waals surface area contributed by atoms with Gasteiger partial charge in [-0.25, -0.2) is 4.98 Å². The lowest BCUT2D eigenvalue weighted by Crippen LogP contribution is -2.46. The molecule has 3 heterocycles. The number of rotatable bonds is 3. The number of hydrogen-bond acceptors (Lipinski definition) is 3. The number of piperazine rings is 1. The van der Waals surface area contributed by atoms with Gasteiger partial charge in [0.25, 0.3) is 5.91 Å². The number of amides is 1. The third-order valence-electron chi connectivity index (χ3n) is 4.81. The molecule has 1 aromatic carbocycles. The molecule has 1 amide bonds. The van der Waals surface area contributed by atoms with E-state index >= 15 is 0 Å². The number of carbonyl (C=O) groups excluding carboxylic acids is 1. The molecule has 128 valence electrons. The van der Waals surface area contributed by atoms with Crippen LogP contribution in [0.4, 0.5) is 0 Å². The summed E-state index contributed by atoms with van der Waals surface area (Å²) in [5.74, 6) is 0.117. The number of hydrogen-bond donors (Lipinski definition) is 1. The molecule has 3 aromatic rings. The Labute approximate surface area is 147 Å². The molecule has 0 saturated carbocycles. The standard InChI is InChI=1S/C20H22N4O/c1-2-18-13-22-19-8-7-17(14-24(18)19)15-3-5-16(6-4-15)20(25)23-11-9-21-10-12-23/h3-8,13-14,21H,2,9-12H2,1H3. The molecule has 0 bridgehead atoms. The van der Waals surface area contributed by atoms with Gasteiger partial charge in [0.15, 0.2) is 0 Å². The minimum absolute atomic E-state index is 0.117. The van der Waals surface area contributed by atoms with E-state index in [0.717, 1.165) is 54.9 Å². The van der Waals surface area contributed by atoms with Crippen molar-refractivity contribution in [2.75, 3.05) is 26.2 Å². The first-order valence-corrected chi connectivity index (χ1v) is 8.82. The van der Waals surface area contributed by atoms with Crippen molar-refractivity contribution in [2.45, 2.75) is 13.3 Å². The average Bonchev–Trinajstić information content (AvgIpc) is 3.10. The van der Waals surface area contributed by atoms with Gasteiger partial charge < -0.3 is 14.6 Å². The summed E-state index contributed by atoms with van der Waals surface area (Å²) in [4.78, 5) is 18.9. The molecule has 0 atom stereocenters. The molecule has 1 fully saturated rings. The van der Waals surface area contributed by atoms with Gasteiger partial charge >= 0.3 is 0 Å². The number of aryl methyl sites for hydroxylation is 1. The van der Waals surface area contributed by atoms with Gasteiger partial charge in [-0.15, -0.1) is 0 Å². The lowest BCUT2D eigenvalue weighted by molar-refractivity contribution is 0.0736. The van der Waals surface area contributed by atoms with Crippen LogP contribution in [0, 0.1) is 0 Å². The molecule has 0 spiro atoms. The van der Waals surface area contributed by atoms with Gasteiger partial charge in [-0.2, -0.15) is 0 Å². The zero-order valence-electron chi connectivity index (χ0n) is 14.4. The molecule has 0 aliphatic carbocycles. The van der Waals surface area contributed by atoms with Crippen LogP contribution in [0.15, 0.2) is 48.8 Å². The number of carbonyl (C=O) groups is 1. The highest BCUT2D eigenvalue weighted by Gasteiger charge is 2.17. The zero-order chi connectivity index (χ0) is 17.2. The second-order valence-electron chi connectivity index (χ2n) is 6.37. The van der Waals surface area contributed by atoms with Crippen LogP contribution < -0.4 is 5.32 Å². The minimum atomic E-state index is 0.117. The Hall–Kier alpha value is -2.66. The summed E-state index contributed by atoms with van der Waals surface area (Å²) in [6, 6.07) is 12.0. The summed E-state index contributed by atoms with van der Waals surface area (Å²) >= 11 is 0. The molecule has 4 rings (SSSR count). The van der Waals surface area contributed by atoms with Crippen molar-refractivity contribution < 1.29 is 4.79 Å². The van der Waals surface area contributed by atoms with Gasteiger partial charge in [-0.3, -0.25) is 4.79 Å². The minimum Gasteiger partial charge on any atom is -0.336 e. The molecule has 1 saturated heterocycles. The van der Waals surface area contributed by atoms with Crippen LogP contribution in [0.5, 0.6) is 0 Å². The largest absolute Gasteiger partial charge is 0.336 e. The fourth-order valence-electron chi connectivity index (χ4n) is 3.32. The average molecular weight is 334 g/mol. The van der Waals surface area contributed by atoms with Crippen LogP contribution in [0.3, 0.4) is 0 Å². The van der Waals surface area contributed by atoms with Crippen molar-refractivity contribution in [1.82, 2.24) is 19.6 Å². The van der Waals surface area contributed by atoms with E-state index in [-0.39, 0.29) is 5.91 Å². The van der Waals surface area contributed by atoms with E-state index in [1.165, 1.54) is 5.69 Å². The summed E-state index contributed by atoms with van der Waals surface area (Å²) in [5.41, 5.74) is 5.15. The van der Waals surface area contributed by atoms with Gasteiger partial charge in [0, 0.05) is 49.8 Å². The maximum absolute atomic E-state index is 12.6. The van der Waals surface area contributed by atoms with Crippen molar-refractivity contribution in [1.29, 1.82) is 0 Å². The first-order chi connectivity index (χ1) is 12.3. The predicted octanol–water partition coefficient (Wildman–Crippen LogP) is 2.61. The highest BCUT2D eigenvalue weighted by molar-refractivity contribution is 5.94. The molecule has 1 aliphatic heterocycles. The molecule has 0 unspecified atom stereocenters. The van der Waals surface area contributed by atoms with Crippen molar-refractivity contribution in [3.63, 3.8) is 0 Å². The molecule has 5 heteroatoms. The van der Waals surface area contributed by atoms with E-state index < -0.39 is 0 Å². The number of benzene rings is 1. The summed E-state index contributed by atoms with van der Waals surface area (Å²) < 4.78 is 2.13.